The summed E-state index contributed by atoms with van der Waals surface area (Å²) in [7, 11) is 1.33. The van der Waals surface area contributed by atoms with E-state index in [0.717, 1.165) is 5.56 Å². The molecule has 0 radical (unpaired) electrons. The lowest BCUT2D eigenvalue weighted by Crippen LogP contribution is -2.39. The van der Waals surface area contributed by atoms with Crippen LogP contribution in [0.3, 0.4) is 0 Å². The minimum atomic E-state index is -0.615. The number of halogens is 1. The number of thiazole rings is 1. The second-order valence-corrected chi connectivity index (χ2v) is 9.33. The normalized spacial score (nSPS) is 16.5. The molecule has 0 fully saturated rings. The number of ether oxygens (including phenoxy) is 1. The zero-order chi connectivity index (χ0) is 22.3. The Bertz CT molecular complexity index is 1360. The summed E-state index contributed by atoms with van der Waals surface area (Å²) in [6.07, 6.45) is 1.69. The summed E-state index contributed by atoms with van der Waals surface area (Å²) in [6, 6.07) is 10.9. The highest BCUT2D eigenvalue weighted by Gasteiger charge is 2.33. The number of allylic oxidation sites excluding steroid dienone is 1. The minimum absolute atomic E-state index is 0.233. The summed E-state index contributed by atoms with van der Waals surface area (Å²) in [4.78, 5) is 31.2. The lowest BCUT2D eigenvalue weighted by molar-refractivity contribution is -0.136. The number of furan rings is 1. The Morgan fingerprint density at radius 2 is 1.97 bits per heavy atom. The molecule has 0 spiro atoms. The summed E-state index contributed by atoms with van der Waals surface area (Å²) in [5.41, 5.74) is 2.67. The molecule has 3 aromatic rings. The van der Waals surface area contributed by atoms with Gasteiger partial charge in [0.25, 0.3) is 5.56 Å². The van der Waals surface area contributed by atoms with E-state index in [0.29, 0.717) is 37.0 Å². The number of esters is 1. The maximum atomic E-state index is 13.4. The van der Waals surface area contributed by atoms with E-state index in [1.54, 1.807) is 29.7 Å². The number of aromatic nitrogens is 1. The molecule has 0 N–H and O–H groups in total. The molecule has 2 aromatic heterocycles. The quantitative estimate of drug-likeness (QED) is 0.509. The van der Waals surface area contributed by atoms with Crippen molar-refractivity contribution >= 4 is 39.3 Å². The van der Waals surface area contributed by atoms with Gasteiger partial charge in [-0.1, -0.05) is 49.4 Å². The second-order valence-electron chi connectivity index (χ2n) is 7.54. The molecule has 0 bridgehead atoms. The Labute approximate surface area is 191 Å². The topological polar surface area (TPSA) is 73.8 Å². The van der Waals surface area contributed by atoms with Crippen molar-refractivity contribution in [2.24, 2.45) is 4.99 Å². The highest BCUT2D eigenvalue weighted by molar-refractivity contribution is 9.10. The van der Waals surface area contributed by atoms with Crippen LogP contribution >= 0.6 is 27.3 Å². The van der Waals surface area contributed by atoms with Gasteiger partial charge in [0.15, 0.2) is 9.47 Å². The molecule has 0 saturated carbocycles. The van der Waals surface area contributed by atoms with E-state index >= 15 is 0 Å². The Balaban J connectivity index is 1.95. The van der Waals surface area contributed by atoms with Crippen LogP contribution in [0.2, 0.25) is 0 Å². The van der Waals surface area contributed by atoms with Gasteiger partial charge in [-0.2, -0.15) is 0 Å². The molecule has 0 amide bonds. The molecule has 3 heterocycles. The van der Waals surface area contributed by atoms with Crippen molar-refractivity contribution in [3.8, 4) is 0 Å². The van der Waals surface area contributed by atoms with Gasteiger partial charge in [-0.15, -0.1) is 0 Å². The van der Waals surface area contributed by atoms with E-state index in [1.807, 2.05) is 24.3 Å². The van der Waals surface area contributed by atoms with Gasteiger partial charge in [-0.05, 0) is 52.0 Å². The lowest BCUT2D eigenvalue weighted by atomic mass is 9.93. The molecular formula is C23H21BrN2O4S. The predicted molar refractivity (Wildman–Crippen MR) is 123 cm³/mol. The summed E-state index contributed by atoms with van der Waals surface area (Å²) in [6.45, 7) is 6.01. The van der Waals surface area contributed by atoms with Gasteiger partial charge in [-0.25, -0.2) is 9.79 Å². The molecule has 1 aliphatic heterocycles. The highest BCUT2D eigenvalue weighted by atomic mass is 79.9. The third-order valence-corrected chi connectivity index (χ3v) is 6.62. The van der Waals surface area contributed by atoms with E-state index in [4.69, 9.17) is 9.15 Å². The van der Waals surface area contributed by atoms with Gasteiger partial charge in [0.2, 0.25) is 0 Å². The standard InChI is InChI=1S/C23H21BrN2O4S/c1-12(2)14-5-7-15(8-6-14)20-19(22(28)29-4)13(3)25-23-26(20)21(27)17(31-23)11-16-9-10-18(24)30-16/h5-12,20H,1-4H3. The van der Waals surface area contributed by atoms with Crippen molar-refractivity contribution in [2.45, 2.75) is 32.7 Å². The molecule has 1 aromatic carbocycles. The predicted octanol–water partition coefficient (Wildman–Crippen LogP) is 3.89. The van der Waals surface area contributed by atoms with Crippen LogP contribution in [0.1, 0.15) is 49.6 Å². The number of rotatable bonds is 4. The smallest absolute Gasteiger partial charge is 0.338 e. The van der Waals surface area contributed by atoms with Gasteiger partial charge in [-0.3, -0.25) is 9.36 Å². The molecule has 0 aliphatic carbocycles. The number of fused-ring (bicyclic) bond motifs is 1. The summed E-state index contributed by atoms with van der Waals surface area (Å²) < 4.78 is 13.2. The van der Waals surface area contributed by atoms with Crippen LogP contribution in [0.25, 0.3) is 6.08 Å². The second kappa shape index (κ2) is 8.43. The molecule has 1 atom stereocenters. The zero-order valence-corrected chi connectivity index (χ0v) is 19.9. The fourth-order valence-electron chi connectivity index (χ4n) is 3.61. The van der Waals surface area contributed by atoms with Gasteiger partial charge in [0, 0.05) is 6.08 Å². The Kier molecular flexibility index (Phi) is 5.85. The first-order valence-electron chi connectivity index (χ1n) is 9.76. The molecule has 1 aliphatic rings. The maximum Gasteiger partial charge on any atom is 0.338 e. The van der Waals surface area contributed by atoms with Crippen molar-refractivity contribution in [1.82, 2.24) is 4.57 Å². The van der Waals surface area contributed by atoms with Gasteiger partial charge in [0.05, 0.1) is 29.0 Å². The lowest BCUT2D eigenvalue weighted by Gasteiger charge is -2.24. The number of nitrogens with zero attached hydrogens (tertiary/aromatic N) is 2. The Morgan fingerprint density at radius 1 is 1.26 bits per heavy atom. The van der Waals surface area contributed by atoms with E-state index in [9.17, 15) is 9.59 Å². The van der Waals surface area contributed by atoms with E-state index in [2.05, 4.69) is 34.8 Å². The molecule has 1 unspecified atom stereocenters. The first-order valence-corrected chi connectivity index (χ1v) is 11.4. The van der Waals surface area contributed by atoms with Gasteiger partial charge >= 0.3 is 5.97 Å². The van der Waals surface area contributed by atoms with E-state index in [-0.39, 0.29) is 5.56 Å². The van der Waals surface area contributed by atoms with Crippen LogP contribution < -0.4 is 14.9 Å². The van der Waals surface area contributed by atoms with Crippen molar-refractivity contribution in [3.63, 3.8) is 0 Å². The minimum Gasteiger partial charge on any atom is -0.466 e. The van der Waals surface area contributed by atoms with Crippen LogP contribution in [0.5, 0.6) is 0 Å². The van der Waals surface area contributed by atoms with E-state index < -0.39 is 12.0 Å². The average molecular weight is 501 g/mol. The first kappa shape index (κ1) is 21.5. The van der Waals surface area contributed by atoms with E-state index in [1.165, 1.54) is 24.0 Å². The molecule has 160 valence electrons. The number of benzene rings is 1. The molecule has 0 saturated heterocycles. The molecular weight excluding hydrogens is 480 g/mol. The number of hydrogen-bond donors (Lipinski definition) is 0. The van der Waals surface area contributed by atoms with Crippen molar-refractivity contribution in [1.29, 1.82) is 0 Å². The molecule has 31 heavy (non-hydrogen) atoms. The van der Waals surface area contributed by atoms with Crippen molar-refractivity contribution in [3.05, 3.63) is 88.9 Å². The van der Waals surface area contributed by atoms with Gasteiger partial charge < -0.3 is 9.15 Å². The highest BCUT2D eigenvalue weighted by Crippen LogP contribution is 2.31. The monoisotopic (exact) mass is 500 g/mol. The summed E-state index contributed by atoms with van der Waals surface area (Å²) in [5.74, 6) is 0.434. The number of carbonyl (C=O) groups is 1. The van der Waals surface area contributed by atoms with Crippen molar-refractivity contribution in [2.75, 3.05) is 7.11 Å². The third kappa shape index (κ3) is 3.97. The fourth-order valence-corrected chi connectivity index (χ4v) is 4.95. The van der Waals surface area contributed by atoms with Crippen LogP contribution in [0.15, 0.2) is 66.5 Å². The van der Waals surface area contributed by atoms with Crippen LogP contribution in [0, 0.1) is 0 Å². The van der Waals surface area contributed by atoms with Crippen LogP contribution in [-0.4, -0.2) is 17.6 Å². The van der Waals surface area contributed by atoms with Gasteiger partial charge in [0.1, 0.15) is 5.76 Å². The zero-order valence-electron chi connectivity index (χ0n) is 17.5. The molecule has 8 heteroatoms. The summed E-state index contributed by atoms with van der Waals surface area (Å²) >= 11 is 4.54. The SMILES string of the molecule is COC(=O)C1=C(C)N=c2sc(=Cc3ccc(Br)o3)c(=O)n2C1c1ccc(C(C)C)cc1. The number of methoxy groups -OCH3 is 1. The number of carbonyl (C=O) groups excluding carboxylic acids is 1. The van der Waals surface area contributed by atoms with Crippen LogP contribution in [-0.2, 0) is 9.53 Å². The Hall–Kier alpha value is -2.71. The summed E-state index contributed by atoms with van der Waals surface area (Å²) in [5, 5.41) is 0. The largest absolute Gasteiger partial charge is 0.466 e. The van der Waals surface area contributed by atoms with Crippen molar-refractivity contribution < 1.29 is 13.9 Å². The fraction of sp³-hybridized carbons (Fsp3) is 0.261. The van der Waals surface area contributed by atoms with Crippen LogP contribution in [0.4, 0.5) is 0 Å². The average Bonchev–Trinajstić information content (AvgIpc) is 3.29. The molecule has 4 rings (SSSR count). The molecule has 6 nitrogen and oxygen atoms in total. The first-order chi connectivity index (χ1) is 14.8. The number of hydrogen-bond acceptors (Lipinski definition) is 6. The maximum absolute atomic E-state index is 13.4. The third-order valence-electron chi connectivity index (χ3n) is 5.21. The Morgan fingerprint density at radius 3 is 2.55 bits per heavy atom.